The summed E-state index contributed by atoms with van der Waals surface area (Å²) in [5, 5.41) is 2.27. The highest BCUT2D eigenvalue weighted by Gasteiger charge is 2.33. The standard InChI is InChI=1S/C22H20F5NO4S/c23-14-8-10-15(11-9-14)33(30,31)32-21-19(26)17(24)16(18(25)20(21)27)22(29)28-12-13-6-4-2-1-3-5-7-13/h2,4,8-11,13H,1,3,5-7,12H2,(H,28,29). The van der Waals surface area contributed by atoms with Gasteiger partial charge in [-0.05, 0) is 55.9 Å². The molecule has 2 aromatic rings. The van der Waals surface area contributed by atoms with Gasteiger partial charge in [0.1, 0.15) is 16.3 Å². The summed E-state index contributed by atoms with van der Waals surface area (Å²) in [5.41, 5.74) is -1.53. The summed E-state index contributed by atoms with van der Waals surface area (Å²) < 4.78 is 99.5. The fraction of sp³-hybridized carbons (Fsp3) is 0.318. The zero-order valence-electron chi connectivity index (χ0n) is 17.2. The maximum atomic E-state index is 14.5. The van der Waals surface area contributed by atoms with E-state index in [2.05, 4.69) is 9.50 Å². The van der Waals surface area contributed by atoms with Crippen LogP contribution in [0.3, 0.4) is 0 Å². The molecule has 0 bridgehead atoms. The van der Waals surface area contributed by atoms with Crippen molar-refractivity contribution in [3.63, 3.8) is 0 Å². The second kappa shape index (κ2) is 10.3. The summed E-state index contributed by atoms with van der Waals surface area (Å²) in [6.45, 7) is 0.0302. The smallest absolute Gasteiger partial charge is 0.339 e. The Balaban J connectivity index is 1.84. The third-order valence-electron chi connectivity index (χ3n) is 5.17. The van der Waals surface area contributed by atoms with Crippen molar-refractivity contribution in [2.45, 2.75) is 37.0 Å². The number of hydrogen-bond acceptors (Lipinski definition) is 4. The van der Waals surface area contributed by atoms with Gasteiger partial charge in [0.25, 0.3) is 5.91 Å². The molecule has 11 heteroatoms. The monoisotopic (exact) mass is 489 g/mol. The van der Waals surface area contributed by atoms with E-state index >= 15 is 0 Å². The van der Waals surface area contributed by atoms with E-state index in [0.29, 0.717) is 6.42 Å². The average molecular weight is 489 g/mol. The highest BCUT2D eigenvalue weighted by atomic mass is 32.2. The molecule has 33 heavy (non-hydrogen) atoms. The Kier molecular flexibility index (Phi) is 7.72. The van der Waals surface area contributed by atoms with Gasteiger partial charge in [-0.15, -0.1) is 0 Å². The van der Waals surface area contributed by atoms with E-state index in [4.69, 9.17) is 0 Å². The van der Waals surface area contributed by atoms with Gasteiger partial charge in [-0.1, -0.05) is 18.6 Å². The largest absolute Gasteiger partial charge is 0.372 e. The zero-order chi connectivity index (χ0) is 24.2. The predicted octanol–water partition coefficient (Wildman–Crippen LogP) is 5.02. The minimum atomic E-state index is -4.96. The van der Waals surface area contributed by atoms with Crippen molar-refractivity contribution in [1.82, 2.24) is 5.32 Å². The Morgan fingerprint density at radius 3 is 2.21 bits per heavy atom. The Morgan fingerprint density at radius 1 is 0.939 bits per heavy atom. The molecule has 0 spiro atoms. The van der Waals surface area contributed by atoms with Gasteiger partial charge in [0.05, 0.1) is 0 Å². The minimum absolute atomic E-state index is 0.0187. The lowest BCUT2D eigenvalue weighted by Gasteiger charge is -2.18. The third kappa shape index (κ3) is 5.70. The van der Waals surface area contributed by atoms with Crippen LogP contribution in [0.15, 0.2) is 41.3 Å². The maximum absolute atomic E-state index is 14.5. The number of rotatable bonds is 6. The molecular weight excluding hydrogens is 469 g/mol. The van der Waals surface area contributed by atoms with Crippen molar-refractivity contribution >= 4 is 16.0 Å². The molecule has 1 N–H and O–H groups in total. The first-order valence-corrected chi connectivity index (χ1v) is 11.5. The van der Waals surface area contributed by atoms with Crippen LogP contribution in [0.1, 0.15) is 42.5 Å². The molecule has 2 aromatic carbocycles. The number of carbonyl (C=O) groups is 1. The highest BCUT2D eigenvalue weighted by molar-refractivity contribution is 7.87. The molecule has 1 aliphatic rings. The van der Waals surface area contributed by atoms with E-state index in [9.17, 15) is 35.2 Å². The average Bonchev–Trinajstić information content (AvgIpc) is 2.75. The first-order chi connectivity index (χ1) is 15.6. The van der Waals surface area contributed by atoms with Crippen molar-refractivity contribution in [2.75, 3.05) is 6.54 Å². The fourth-order valence-electron chi connectivity index (χ4n) is 3.37. The van der Waals surface area contributed by atoms with Gasteiger partial charge in [-0.2, -0.15) is 17.2 Å². The number of halogens is 5. The first-order valence-electron chi connectivity index (χ1n) is 10.1. The van der Waals surface area contributed by atoms with Gasteiger partial charge < -0.3 is 9.50 Å². The molecule has 3 rings (SSSR count). The van der Waals surface area contributed by atoms with Crippen molar-refractivity contribution in [3.05, 3.63) is 71.1 Å². The van der Waals surface area contributed by atoms with Crippen molar-refractivity contribution in [3.8, 4) is 5.75 Å². The summed E-state index contributed by atoms with van der Waals surface area (Å²) in [6, 6.07) is 2.95. The van der Waals surface area contributed by atoms with Crippen LogP contribution in [0.25, 0.3) is 0 Å². The van der Waals surface area contributed by atoms with Crippen LogP contribution in [0.2, 0.25) is 0 Å². The SMILES string of the molecule is O=C(NCC1CC=CCCCC1)c1c(F)c(F)c(OS(=O)(=O)c2ccc(F)cc2)c(F)c1F. The molecule has 0 radical (unpaired) electrons. The van der Waals surface area contributed by atoms with Crippen molar-refractivity contribution in [2.24, 2.45) is 5.92 Å². The van der Waals surface area contributed by atoms with Gasteiger partial charge in [0.15, 0.2) is 11.6 Å². The highest BCUT2D eigenvalue weighted by Crippen LogP contribution is 2.32. The van der Waals surface area contributed by atoms with E-state index in [-0.39, 0.29) is 12.5 Å². The molecule has 0 aromatic heterocycles. The minimum Gasteiger partial charge on any atom is -0.372 e. The Bertz CT molecular complexity index is 1140. The Hall–Kier alpha value is -2.95. The maximum Gasteiger partial charge on any atom is 0.339 e. The number of hydrogen-bond donors (Lipinski definition) is 1. The van der Waals surface area contributed by atoms with Crippen LogP contribution >= 0.6 is 0 Å². The molecule has 0 saturated heterocycles. The van der Waals surface area contributed by atoms with Gasteiger partial charge in [0, 0.05) is 6.54 Å². The lowest BCUT2D eigenvalue weighted by molar-refractivity contribution is 0.0935. The molecule has 5 nitrogen and oxygen atoms in total. The molecule has 1 aliphatic carbocycles. The lowest BCUT2D eigenvalue weighted by Crippen LogP contribution is -2.31. The summed E-state index contributed by atoms with van der Waals surface area (Å²) in [6.07, 6.45) is 8.11. The molecular formula is C22H20F5NO4S. The van der Waals surface area contributed by atoms with Gasteiger partial charge in [-0.25, -0.2) is 13.2 Å². The van der Waals surface area contributed by atoms with E-state index in [1.807, 2.05) is 12.2 Å². The summed E-state index contributed by atoms with van der Waals surface area (Å²) in [4.78, 5) is 11.6. The van der Waals surface area contributed by atoms with Crippen LogP contribution in [-0.4, -0.2) is 20.9 Å². The van der Waals surface area contributed by atoms with Crippen LogP contribution < -0.4 is 9.50 Å². The Morgan fingerprint density at radius 2 is 1.58 bits per heavy atom. The Labute approximate surface area is 187 Å². The topological polar surface area (TPSA) is 72.5 Å². The molecule has 0 aliphatic heterocycles. The normalized spacial score (nSPS) is 16.7. The van der Waals surface area contributed by atoms with Gasteiger partial charge in [-0.3, -0.25) is 4.79 Å². The summed E-state index contributed by atoms with van der Waals surface area (Å²) in [5.74, 6) is -12.7. The van der Waals surface area contributed by atoms with Crippen LogP contribution in [0.4, 0.5) is 22.0 Å². The second-order valence-corrected chi connectivity index (χ2v) is 9.07. The zero-order valence-corrected chi connectivity index (χ0v) is 18.0. The first kappa shape index (κ1) is 24.7. The van der Waals surface area contributed by atoms with Gasteiger partial charge >= 0.3 is 10.1 Å². The third-order valence-corrected chi connectivity index (χ3v) is 6.40. The number of allylic oxidation sites excluding steroid dienone is 2. The molecule has 0 heterocycles. The molecule has 1 atom stereocenters. The summed E-state index contributed by atoms with van der Waals surface area (Å²) in [7, 11) is -4.96. The number of nitrogens with one attached hydrogen (secondary N) is 1. The quantitative estimate of drug-likeness (QED) is 0.268. The molecule has 1 unspecified atom stereocenters. The van der Waals surface area contributed by atoms with E-state index in [0.717, 1.165) is 49.9 Å². The van der Waals surface area contributed by atoms with Crippen LogP contribution in [0.5, 0.6) is 5.75 Å². The van der Waals surface area contributed by atoms with Crippen molar-refractivity contribution < 1.29 is 39.3 Å². The van der Waals surface area contributed by atoms with Gasteiger partial charge in [0.2, 0.25) is 17.4 Å². The van der Waals surface area contributed by atoms with E-state index in [1.54, 1.807) is 0 Å². The second-order valence-electron chi connectivity index (χ2n) is 7.52. The molecule has 0 fully saturated rings. The van der Waals surface area contributed by atoms with E-state index in [1.165, 1.54) is 0 Å². The van der Waals surface area contributed by atoms with Crippen LogP contribution in [-0.2, 0) is 10.1 Å². The lowest BCUT2D eigenvalue weighted by atomic mass is 9.94. The van der Waals surface area contributed by atoms with Crippen LogP contribution in [0, 0.1) is 35.0 Å². The number of benzene rings is 2. The molecule has 178 valence electrons. The number of amides is 1. The fourth-order valence-corrected chi connectivity index (χ4v) is 4.30. The number of carbonyl (C=O) groups excluding carboxylic acids is 1. The van der Waals surface area contributed by atoms with Crippen molar-refractivity contribution in [1.29, 1.82) is 0 Å². The predicted molar refractivity (Wildman–Crippen MR) is 109 cm³/mol. The van der Waals surface area contributed by atoms with E-state index < -0.39 is 61.3 Å². The molecule has 1 amide bonds. The molecule has 0 saturated carbocycles. The summed E-state index contributed by atoms with van der Waals surface area (Å²) >= 11 is 0.